The molecule has 0 radical (unpaired) electrons. The molecule has 5 aliphatic rings. The fourth-order valence-corrected chi connectivity index (χ4v) is 8.99. The molecule has 252 valence electrons. The first-order valence-corrected chi connectivity index (χ1v) is 16.3. The van der Waals surface area contributed by atoms with Gasteiger partial charge in [-0.3, -0.25) is 14.4 Å². The van der Waals surface area contributed by atoms with Gasteiger partial charge in [-0.05, 0) is 78.9 Å². The maximum Gasteiger partial charge on any atom is 0.351 e. The lowest BCUT2D eigenvalue weighted by Crippen LogP contribution is -2.57. The van der Waals surface area contributed by atoms with E-state index in [1.807, 2.05) is 27.7 Å². The van der Waals surface area contributed by atoms with Gasteiger partial charge in [0.25, 0.3) is 0 Å². The van der Waals surface area contributed by atoms with Crippen LogP contribution >= 0.6 is 0 Å². The number of hydrogen-bond donors (Lipinski definition) is 0. The van der Waals surface area contributed by atoms with Gasteiger partial charge in [-0.25, -0.2) is 9.59 Å². The summed E-state index contributed by atoms with van der Waals surface area (Å²) in [6.45, 7) is 17.7. The van der Waals surface area contributed by atoms with E-state index in [9.17, 15) is 24.0 Å². The van der Waals surface area contributed by atoms with Crippen LogP contribution in [0.15, 0.2) is 21.3 Å². The maximum absolute atomic E-state index is 14.5. The van der Waals surface area contributed by atoms with E-state index in [-0.39, 0.29) is 40.6 Å². The molecule has 2 saturated heterocycles. The van der Waals surface area contributed by atoms with E-state index >= 15 is 0 Å². The minimum Gasteiger partial charge on any atom is -0.483 e. The molecule has 2 aliphatic carbocycles. The quantitative estimate of drug-likeness (QED) is 0.313. The maximum atomic E-state index is 14.5. The van der Waals surface area contributed by atoms with Gasteiger partial charge in [0, 0.05) is 16.9 Å². The highest BCUT2D eigenvalue weighted by Gasteiger charge is 2.78. The van der Waals surface area contributed by atoms with Gasteiger partial charge in [0.2, 0.25) is 11.2 Å². The van der Waals surface area contributed by atoms with E-state index < -0.39 is 74.5 Å². The van der Waals surface area contributed by atoms with Crippen LogP contribution in [0.5, 0.6) is 5.75 Å². The molecule has 2 unspecified atom stereocenters. The van der Waals surface area contributed by atoms with Crippen molar-refractivity contribution in [1.82, 2.24) is 0 Å². The third-order valence-corrected chi connectivity index (χ3v) is 13.2. The lowest BCUT2D eigenvalue weighted by Gasteiger charge is -2.46. The van der Waals surface area contributed by atoms with Crippen molar-refractivity contribution in [2.24, 2.45) is 21.7 Å². The third-order valence-electron chi connectivity index (χ3n) is 13.2. The number of esters is 4. The fraction of sp³-hybridized carbons (Fsp3) is 0.639. The fourth-order valence-electron chi connectivity index (χ4n) is 8.99. The van der Waals surface area contributed by atoms with E-state index in [1.165, 1.54) is 6.07 Å². The summed E-state index contributed by atoms with van der Waals surface area (Å²) in [4.78, 5) is 68.3. The minimum absolute atomic E-state index is 0.134. The summed E-state index contributed by atoms with van der Waals surface area (Å²) in [5.41, 5.74) is -7.43. The molecule has 2 aromatic rings. The van der Waals surface area contributed by atoms with Gasteiger partial charge in [-0.1, -0.05) is 27.7 Å². The topological polar surface area (TPSA) is 145 Å². The molecule has 1 aromatic carbocycles. The number of rotatable bonds is 4. The van der Waals surface area contributed by atoms with Gasteiger partial charge >= 0.3 is 23.9 Å². The average molecular weight is 651 g/mol. The van der Waals surface area contributed by atoms with Crippen LogP contribution < -0.4 is 10.2 Å². The lowest BCUT2D eigenvalue weighted by molar-refractivity contribution is -0.217. The van der Waals surface area contributed by atoms with Crippen molar-refractivity contribution in [3.05, 3.63) is 39.2 Å². The molecular weight excluding hydrogens is 608 g/mol. The van der Waals surface area contributed by atoms with Gasteiger partial charge in [0.1, 0.15) is 22.7 Å². The van der Waals surface area contributed by atoms with Crippen molar-refractivity contribution in [3.63, 3.8) is 0 Å². The van der Waals surface area contributed by atoms with E-state index in [4.69, 9.17) is 28.1 Å². The summed E-state index contributed by atoms with van der Waals surface area (Å²) in [7, 11) is 0. The number of carbonyl (C=O) groups excluding carboxylic acids is 4. The van der Waals surface area contributed by atoms with Crippen molar-refractivity contribution in [2.45, 2.75) is 124 Å². The number of benzene rings is 1. The molecule has 4 fully saturated rings. The zero-order valence-electron chi connectivity index (χ0n) is 28.6. The average Bonchev–Trinajstić information content (AvgIpc) is 3.42. The number of carbonyl (C=O) groups is 4. The largest absolute Gasteiger partial charge is 0.483 e. The van der Waals surface area contributed by atoms with Crippen LogP contribution in [0.2, 0.25) is 0 Å². The molecule has 2 saturated carbocycles. The Hall–Kier alpha value is -3.89. The minimum atomic E-state index is -1.60. The molecule has 11 nitrogen and oxygen atoms in total. The van der Waals surface area contributed by atoms with Crippen LogP contribution in [0, 0.1) is 35.5 Å². The standard InChI is InChI=1S/C36H42O11/c1-17-15-20-22(23-21(17)19(37)16-18(2)42-23)24(43-28(40)35-13-11-33(9,26(38)46-35)31(35,5)6)25(30(3,4)45-20)44-29(41)36-14-12-34(10,27(39)47-36)32(36,7)8/h15-16,24-25H,11-14H2,1-10H3/t24-,25-,33+,34-,35?,36?/m1/s1. The molecule has 4 heterocycles. The summed E-state index contributed by atoms with van der Waals surface area (Å²) < 4.78 is 37.1. The van der Waals surface area contributed by atoms with Crippen molar-refractivity contribution in [2.75, 3.05) is 0 Å². The molecule has 1 aromatic heterocycles. The number of ether oxygens (including phenoxy) is 5. The monoisotopic (exact) mass is 650 g/mol. The van der Waals surface area contributed by atoms with Crippen LogP contribution in [0.1, 0.15) is 104 Å². The SMILES string of the molecule is Cc1cc(=O)c2c(C)cc3c(c2o1)[C@@H](OC(=O)C12CC[C@@](C)(C(=O)O1)C2(C)C)[C@@H](OC(=O)C12CC[C@](C)(C(=O)O1)C2(C)C)C(C)(C)O3. The van der Waals surface area contributed by atoms with Gasteiger partial charge < -0.3 is 28.1 Å². The molecule has 47 heavy (non-hydrogen) atoms. The molecule has 11 heteroatoms. The number of fused-ring (bicyclic) bond motifs is 7. The molecule has 3 aliphatic heterocycles. The Morgan fingerprint density at radius 1 is 0.723 bits per heavy atom. The summed E-state index contributed by atoms with van der Waals surface area (Å²) in [6.07, 6.45) is -1.28. The summed E-state index contributed by atoms with van der Waals surface area (Å²) >= 11 is 0. The van der Waals surface area contributed by atoms with Gasteiger partial charge in [-0.15, -0.1) is 0 Å². The molecule has 6 atom stereocenters. The van der Waals surface area contributed by atoms with Crippen LogP contribution in [-0.2, 0) is 38.1 Å². The Bertz CT molecular complexity index is 1880. The van der Waals surface area contributed by atoms with Gasteiger partial charge in [0.15, 0.2) is 17.6 Å². The van der Waals surface area contributed by atoms with Crippen LogP contribution in [0.25, 0.3) is 11.0 Å². The zero-order chi connectivity index (χ0) is 34.5. The molecule has 0 spiro atoms. The third kappa shape index (κ3) is 3.50. The van der Waals surface area contributed by atoms with Crippen LogP contribution in [0.3, 0.4) is 0 Å². The van der Waals surface area contributed by atoms with E-state index in [2.05, 4.69) is 0 Å². The Balaban J connectivity index is 1.39. The Morgan fingerprint density at radius 3 is 1.70 bits per heavy atom. The second-order valence-corrected chi connectivity index (χ2v) is 16.2. The second-order valence-electron chi connectivity index (χ2n) is 16.2. The first kappa shape index (κ1) is 31.7. The Labute approximate surface area is 272 Å². The lowest BCUT2D eigenvalue weighted by atomic mass is 9.66. The Kier molecular flexibility index (Phi) is 6.04. The number of hydrogen-bond acceptors (Lipinski definition) is 11. The number of aryl methyl sites for hydroxylation is 2. The van der Waals surface area contributed by atoms with E-state index in [1.54, 1.807) is 47.6 Å². The highest BCUT2D eigenvalue weighted by atomic mass is 16.7. The molecule has 4 bridgehead atoms. The van der Waals surface area contributed by atoms with E-state index in [0.29, 0.717) is 24.2 Å². The first-order chi connectivity index (χ1) is 21.6. The second kappa shape index (κ2) is 8.96. The summed E-state index contributed by atoms with van der Waals surface area (Å²) in [6, 6.07) is 3.05. The molecule has 0 amide bonds. The highest BCUT2D eigenvalue weighted by molar-refractivity contribution is 5.95. The summed E-state index contributed by atoms with van der Waals surface area (Å²) in [5.74, 6) is -1.91. The predicted octanol–water partition coefficient (Wildman–Crippen LogP) is 5.32. The normalized spacial score (nSPS) is 36.8. The zero-order valence-corrected chi connectivity index (χ0v) is 28.6. The van der Waals surface area contributed by atoms with Crippen LogP contribution in [0.4, 0.5) is 0 Å². The van der Waals surface area contributed by atoms with Gasteiger partial charge in [-0.2, -0.15) is 0 Å². The first-order valence-electron chi connectivity index (χ1n) is 16.3. The van der Waals surface area contributed by atoms with Crippen molar-refractivity contribution in [1.29, 1.82) is 0 Å². The summed E-state index contributed by atoms with van der Waals surface area (Å²) in [5, 5.41) is 0.263. The van der Waals surface area contributed by atoms with E-state index in [0.717, 1.165) is 0 Å². The predicted molar refractivity (Wildman–Crippen MR) is 165 cm³/mol. The molecule has 7 rings (SSSR count). The van der Waals surface area contributed by atoms with Crippen LogP contribution in [-0.4, -0.2) is 46.8 Å². The highest BCUT2D eigenvalue weighted by Crippen LogP contribution is 2.67. The smallest absolute Gasteiger partial charge is 0.351 e. The van der Waals surface area contributed by atoms with Crippen molar-refractivity contribution in [3.8, 4) is 5.75 Å². The van der Waals surface area contributed by atoms with Crippen molar-refractivity contribution < 1.29 is 47.3 Å². The molecular formula is C36H42O11. The van der Waals surface area contributed by atoms with Gasteiger partial charge in [0.05, 0.1) is 21.8 Å². The van der Waals surface area contributed by atoms with Crippen molar-refractivity contribution >= 4 is 34.8 Å². The molecule has 0 N–H and O–H groups in total. The Morgan fingerprint density at radius 2 is 1.23 bits per heavy atom.